The van der Waals surface area contributed by atoms with Crippen molar-refractivity contribution in [3.63, 3.8) is 0 Å². The third-order valence-corrected chi connectivity index (χ3v) is 2.57. The number of anilines is 1. The highest BCUT2D eigenvalue weighted by Crippen LogP contribution is 2.18. The monoisotopic (exact) mass is 242 g/mol. The minimum Gasteiger partial charge on any atom is -0.507 e. The molecule has 4 N–H and O–H groups in total. The summed E-state index contributed by atoms with van der Waals surface area (Å²) in [5, 5.41) is 12.3. The molecule has 2 rings (SSSR count). The lowest BCUT2D eigenvalue weighted by molar-refractivity contribution is 0.102. The van der Waals surface area contributed by atoms with Crippen molar-refractivity contribution >= 4 is 11.6 Å². The molecule has 92 valence electrons. The van der Waals surface area contributed by atoms with E-state index in [4.69, 9.17) is 5.73 Å². The van der Waals surface area contributed by atoms with Crippen LogP contribution in [-0.4, -0.2) is 11.0 Å². The fraction of sp³-hybridized carbons (Fsp3) is 0.0714. The second-order valence-electron chi connectivity index (χ2n) is 3.88. The molecule has 0 aliphatic rings. The second-order valence-corrected chi connectivity index (χ2v) is 3.88. The summed E-state index contributed by atoms with van der Waals surface area (Å²) in [6.45, 7) is 0.417. The highest BCUT2D eigenvalue weighted by atomic mass is 16.3. The molecule has 0 aliphatic heterocycles. The molecule has 0 saturated carbocycles. The Labute approximate surface area is 105 Å². The van der Waals surface area contributed by atoms with Crippen LogP contribution in [0.2, 0.25) is 0 Å². The number of phenolic OH excluding ortho intramolecular Hbond substituents is 1. The van der Waals surface area contributed by atoms with Crippen molar-refractivity contribution in [3.8, 4) is 5.75 Å². The highest BCUT2D eigenvalue weighted by Gasteiger charge is 2.10. The lowest BCUT2D eigenvalue weighted by atomic mass is 10.1. The maximum Gasteiger partial charge on any atom is 0.259 e. The van der Waals surface area contributed by atoms with E-state index in [1.54, 1.807) is 30.3 Å². The van der Waals surface area contributed by atoms with Crippen LogP contribution in [0.3, 0.4) is 0 Å². The zero-order valence-corrected chi connectivity index (χ0v) is 9.76. The zero-order chi connectivity index (χ0) is 13.0. The number of para-hydroxylation sites is 1. The van der Waals surface area contributed by atoms with Crippen molar-refractivity contribution in [1.29, 1.82) is 0 Å². The largest absolute Gasteiger partial charge is 0.507 e. The first-order chi connectivity index (χ1) is 8.70. The molecular formula is C14H14N2O2. The normalized spacial score (nSPS) is 10.1. The van der Waals surface area contributed by atoms with Crippen LogP contribution in [-0.2, 0) is 6.54 Å². The molecule has 0 aliphatic carbocycles. The molecular weight excluding hydrogens is 228 g/mol. The van der Waals surface area contributed by atoms with Crippen LogP contribution in [0.25, 0.3) is 0 Å². The van der Waals surface area contributed by atoms with E-state index < -0.39 is 0 Å². The average Bonchev–Trinajstić information content (AvgIpc) is 2.39. The van der Waals surface area contributed by atoms with E-state index in [0.717, 1.165) is 5.56 Å². The number of phenols is 1. The molecule has 1 amide bonds. The molecule has 4 nitrogen and oxygen atoms in total. The van der Waals surface area contributed by atoms with E-state index in [-0.39, 0.29) is 17.2 Å². The summed E-state index contributed by atoms with van der Waals surface area (Å²) in [7, 11) is 0. The first-order valence-corrected chi connectivity index (χ1v) is 5.59. The summed E-state index contributed by atoms with van der Waals surface area (Å²) >= 11 is 0. The van der Waals surface area contributed by atoms with Crippen LogP contribution in [0, 0.1) is 0 Å². The maximum absolute atomic E-state index is 11.9. The number of nitrogens with two attached hydrogens (primary N) is 1. The zero-order valence-electron chi connectivity index (χ0n) is 9.76. The Morgan fingerprint density at radius 3 is 2.67 bits per heavy atom. The van der Waals surface area contributed by atoms with Crippen molar-refractivity contribution in [3.05, 3.63) is 59.7 Å². The molecule has 0 heterocycles. The Morgan fingerprint density at radius 1 is 1.17 bits per heavy atom. The predicted molar refractivity (Wildman–Crippen MR) is 70.4 cm³/mol. The van der Waals surface area contributed by atoms with Gasteiger partial charge in [-0.25, -0.2) is 0 Å². The summed E-state index contributed by atoms with van der Waals surface area (Å²) in [5.74, 6) is -0.382. The van der Waals surface area contributed by atoms with Gasteiger partial charge in [-0.3, -0.25) is 4.79 Å². The van der Waals surface area contributed by atoms with Crippen molar-refractivity contribution < 1.29 is 9.90 Å². The average molecular weight is 242 g/mol. The van der Waals surface area contributed by atoms with Gasteiger partial charge in [0.05, 0.1) is 5.56 Å². The van der Waals surface area contributed by atoms with E-state index in [1.165, 1.54) is 6.07 Å². The molecule has 0 aromatic heterocycles. The Hall–Kier alpha value is -2.33. The van der Waals surface area contributed by atoms with E-state index in [1.807, 2.05) is 12.1 Å². The van der Waals surface area contributed by atoms with Gasteiger partial charge in [0.25, 0.3) is 5.91 Å². The number of carbonyl (C=O) groups is 1. The maximum atomic E-state index is 11.9. The van der Waals surface area contributed by atoms with Crippen LogP contribution >= 0.6 is 0 Å². The summed E-state index contributed by atoms with van der Waals surface area (Å²) in [4.78, 5) is 11.9. The summed E-state index contributed by atoms with van der Waals surface area (Å²) in [6.07, 6.45) is 0. The van der Waals surface area contributed by atoms with Crippen molar-refractivity contribution in [2.24, 2.45) is 5.73 Å². The molecule has 0 atom stereocenters. The predicted octanol–water partition coefficient (Wildman–Crippen LogP) is 2.10. The number of hydrogen-bond acceptors (Lipinski definition) is 3. The van der Waals surface area contributed by atoms with Gasteiger partial charge in [0.1, 0.15) is 5.75 Å². The number of carbonyl (C=O) groups excluding carboxylic acids is 1. The van der Waals surface area contributed by atoms with Gasteiger partial charge < -0.3 is 16.2 Å². The van der Waals surface area contributed by atoms with Gasteiger partial charge in [0.15, 0.2) is 0 Å². The van der Waals surface area contributed by atoms with Gasteiger partial charge in [-0.15, -0.1) is 0 Å². The van der Waals surface area contributed by atoms with Gasteiger partial charge in [0.2, 0.25) is 0 Å². The Bertz CT molecular complexity index is 567. The second kappa shape index (κ2) is 5.33. The van der Waals surface area contributed by atoms with Crippen LogP contribution in [0.5, 0.6) is 5.75 Å². The van der Waals surface area contributed by atoms with Crippen LogP contribution in [0.1, 0.15) is 15.9 Å². The summed E-state index contributed by atoms with van der Waals surface area (Å²) in [6, 6.07) is 13.7. The number of nitrogens with one attached hydrogen (secondary N) is 1. The molecule has 0 unspecified atom stereocenters. The number of benzene rings is 2. The first-order valence-electron chi connectivity index (χ1n) is 5.59. The van der Waals surface area contributed by atoms with Gasteiger partial charge in [-0.2, -0.15) is 0 Å². The van der Waals surface area contributed by atoms with E-state index in [0.29, 0.717) is 12.2 Å². The number of rotatable bonds is 3. The summed E-state index contributed by atoms with van der Waals surface area (Å²) < 4.78 is 0. The lowest BCUT2D eigenvalue weighted by Crippen LogP contribution is -2.12. The third kappa shape index (κ3) is 2.67. The lowest BCUT2D eigenvalue weighted by Gasteiger charge is -2.07. The molecule has 18 heavy (non-hydrogen) atoms. The minimum absolute atomic E-state index is 0.0371. The summed E-state index contributed by atoms with van der Waals surface area (Å²) in [5.41, 5.74) is 7.37. The molecule has 0 radical (unpaired) electrons. The molecule has 0 saturated heterocycles. The molecule has 2 aromatic rings. The molecule has 4 heteroatoms. The fourth-order valence-electron chi connectivity index (χ4n) is 1.64. The smallest absolute Gasteiger partial charge is 0.259 e. The van der Waals surface area contributed by atoms with Crippen LogP contribution < -0.4 is 11.1 Å². The van der Waals surface area contributed by atoms with Crippen molar-refractivity contribution in [2.75, 3.05) is 5.32 Å². The molecule has 0 spiro atoms. The van der Waals surface area contributed by atoms with Gasteiger partial charge in [0, 0.05) is 12.2 Å². The molecule has 0 fully saturated rings. The Kier molecular flexibility index (Phi) is 3.60. The standard InChI is InChI=1S/C14H14N2O2/c15-9-10-4-3-5-11(8-10)16-14(18)12-6-1-2-7-13(12)17/h1-8,17H,9,15H2,(H,16,18). The number of amides is 1. The molecule has 0 bridgehead atoms. The fourth-order valence-corrected chi connectivity index (χ4v) is 1.64. The number of aromatic hydroxyl groups is 1. The van der Waals surface area contributed by atoms with Gasteiger partial charge >= 0.3 is 0 Å². The third-order valence-electron chi connectivity index (χ3n) is 2.57. The van der Waals surface area contributed by atoms with Gasteiger partial charge in [-0.1, -0.05) is 24.3 Å². The Balaban J connectivity index is 2.19. The van der Waals surface area contributed by atoms with Crippen LogP contribution in [0.15, 0.2) is 48.5 Å². The van der Waals surface area contributed by atoms with E-state index >= 15 is 0 Å². The van der Waals surface area contributed by atoms with Crippen LogP contribution in [0.4, 0.5) is 5.69 Å². The SMILES string of the molecule is NCc1cccc(NC(=O)c2ccccc2O)c1. The first kappa shape index (κ1) is 12.1. The van der Waals surface area contributed by atoms with E-state index in [2.05, 4.69) is 5.32 Å². The topological polar surface area (TPSA) is 75.3 Å². The quantitative estimate of drug-likeness (QED) is 0.771. The van der Waals surface area contributed by atoms with Gasteiger partial charge in [-0.05, 0) is 29.8 Å². The van der Waals surface area contributed by atoms with Crippen molar-refractivity contribution in [1.82, 2.24) is 0 Å². The highest BCUT2D eigenvalue weighted by molar-refractivity contribution is 6.06. The van der Waals surface area contributed by atoms with E-state index in [9.17, 15) is 9.90 Å². The Morgan fingerprint density at radius 2 is 1.94 bits per heavy atom. The molecule has 2 aromatic carbocycles. The minimum atomic E-state index is -0.345. The number of hydrogen-bond donors (Lipinski definition) is 3. The van der Waals surface area contributed by atoms with Crippen molar-refractivity contribution in [2.45, 2.75) is 6.54 Å².